The van der Waals surface area contributed by atoms with E-state index in [1.807, 2.05) is 12.1 Å². The van der Waals surface area contributed by atoms with Crippen molar-refractivity contribution in [2.75, 3.05) is 40.3 Å². The Kier molecular flexibility index (Phi) is 5.75. The number of hydrogen-bond donors (Lipinski definition) is 0. The Balaban J connectivity index is 1.26. The zero-order valence-corrected chi connectivity index (χ0v) is 16.7. The summed E-state index contributed by atoms with van der Waals surface area (Å²) in [6.07, 6.45) is 4.05. The number of aromatic nitrogens is 2. The minimum absolute atomic E-state index is 0.188. The lowest BCUT2D eigenvalue weighted by Crippen LogP contribution is -2.45. The third-order valence-corrected chi connectivity index (χ3v) is 5.99. The predicted octanol–water partition coefficient (Wildman–Crippen LogP) is 3.16. The molecule has 1 saturated heterocycles. The van der Waals surface area contributed by atoms with Crippen LogP contribution in [0.15, 0.2) is 28.8 Å². The van der Waals surface area contributed by atoms with E-state index in [1.165, 1.54) is 12.1 Å². The number of ether oxygens (including phenoxy) is 1. The summed E-state index contributed by atoms with van der Waals surface area (Å²) >= 11 is 0. The molecule has 2 aromatic rings. The van der Waals surface area contributed by atoms with Crippen molar-refractivity contribution in [3.8, 4) is 0 Å². The fraction of sp³-hybridized carbons (Fsp3) is 0.619. The molecule has 152 valence electrons. The topological polar surface area (TPSA) is 54.6 Å². The summed E-state index contributed by atoms with van der Waals surface area (Å²) < 4.78 is 24.5. The quantitative estimate of drug-likeness (QED) is 0.692. The van der Waals surface area contributed by atoms with Crippen LogP contribution in [0.4, 0.5) is 4.39 Å². The molecule has 1 aromatic heterocycles. The minimum atomic E-state index is -0.448. The van der Waals surface area contributed by atoms with Crippen LogP contribution in [0.25, 0.3) is 0 Å². The second-order valence-electron chi connectivity index (χ2n) is 8.14. The van der Waals surface area contributed by atoms with Crippen LogP contribution in [0.5, 0.6) is 0 Å². The van der Waals surface area contributed by atoms with Crippen molar-refractivity contribution in [2.45, 2.75) is 43.7 Å². The van der Waals surface area contributed by atoms with Gasteiger partial charge < -0.3 is 19.1 Å². The summed E-state index contributed by atoms with van der Waals surface area (Å²) in [5, 5.41) is 4.16. The van der Waals surface area contributed by atoms with Gasteiger partial charge in [-0.05, 0) is 50.4 Å². The molecule has 2 fully saturated rings. The van der Waals surface area contributed by atoms with Crippen molar-refractivity contribution in [2.24, 2.45) is 0 Å². The summed E-state index contributed by atoms with van der Waals surface area (Å²) in [7, 11) is 3.84. The molecule has 0 spiro atoms. The van der Waals surface area contributed by atoms with Crippen molar-refractivity contribution in [1.82, 2.24) is 19.9 Å². The zero-order chi connectivity index (χ0) is 19.6. The van der Waals surface area contributed by atoms with Gasteiger partial charge in [-0.15, -0.1) is 0 Å². The highest BCUT2D eigenvalue weighted by molar-refractivity contribution is 5.15. The fourth-order valence-corrected chi connectivity index (χ4v) is 3.86. The lowest BCUT2D eigenvalue weighted by Gasteiger charge is -2.38. The Bertz CT molecular complexity index is 767. The van der Waals surface area contributed by atoms with E-state index >= 15 is 0 Å². The molecule has 0 N–H and O–H groups in total. The molecule has 0 bridgehead atoms. The van der Waals surface area contributed by atoms with Gasteiger partial charge in [0.25, 0.3) is 5.89 Å². The average Bonchev–Trinajstić information content (AvgIpc) is 3.45. The maximum atomic E-state index is 13.0. The SMILES string of the molecule is COC1(c2nc(C3CC3)no2)CCN(CCN(C)Cc2ccc(F)cc2)CC1. The Hall–Kier alpha value is -1.83. The summed E-state index contributed by atoms with van der Waals surface area (Å²) in [4.78, 5) is 9.36. The van der Waals surface area contributed by atoms with Gasteiger partial charge in [-0.3, -0.25) is 0 Å². The van der Waals surface area contributed by atoms with E-state index in [0.29, 0.717) is 11.8 Å². The lowest BCUT2D eigenvalue weighted by atomic mass is 9.91. The van der Waals surface area contributed by atoms with Gasteiger partial charge in [0.15, 0.2) is 5.82 Å². The normalized spacial score (nSPS) is 20.0. The molecule has 0 unspecified atom stereocenters. The zero-order valence-electron chi connectivity index (χ0n) is 16.7. The van der Waals surface area contributed by atoms with Crippen LogP contribution in [-0.2, 0) is 16.9 Å². The van der Waals surface area contributed by atoms with Crippen molar-refractivity contribution >= 4 is 0 Å². The molecule has 1 aromatic carbocycles. The van der Waals surface area contributed by atoms with Crippen molar-refractivity contribution in [3.05, 3.63) is 47.4 Å². The monoisotopic (exact) mass is 388 g/mol. The molecule has 7 heteroatoms. The molecule has 1 aliphatic carbocycles. The molecule has 1 saturated carbocycles. The highest BCUT2D eigenvalue weighted by Crippen LogP contribution is 2.41. The van der Waals surface area contributed by atoms with Gasteiger partial charge in [0.2, 0.25) is 0 Å². The van der Waals surface area contributed by atoms with E-state index in [-0.39, 0.29) is 5.82 Å². The summed E-state index contributed by atoms with van der Waals surface area (Å²) in [6, 6.07) is 6.73. The number of methoxy groups -OCH3 is 1. The standard InChI is InChI=1S/C21H29FN4O2/c1-25(15-16-3-7-18(22)8-4-16)13-14-26-11-9-21(27-2,10-12-26)20-23-19(24-28-20)17-5-6-17/h3-4,7-8,17H,5-6,9-15H2,1-2H3. The number of halogens is 1. The molecule has 1 aliphatic heterocycles. The number of rotatable bonds is 8. The third kappa shape index (κ3) is 4.42. The molecule has 2 aliphatic rings. The first-order valence-electron chi connectivity index (χ1n) is 10.1. The number of hydrogen-bond acceptors (Lipinski definition) is 6. The first kappa shape index (κ1) is 19.5. The maximum Gasteiger partial charge on any atom is 0.258 e. The van der Waals surface area contributed by atoms with Gasteiger partial charge in [0.05, 0.1) is 0 Å². The lowest BCUT2D eigenvalue weighted by molar-refractivity contribution is -0.0831. The van der Waals surface area contributed by atoms with Gasteiger partial charge >= 0.3 is 0 Å². The van der Waals surface area contributed by atoms with E-state index in [4.69, 9.17) is 9.26 Å². The number of likely N-dealkylation sites (tertiary alicyclic amines) is 1. The second kappa shape index (κ2) is 8.27. The summed E-state index contributed by atoms with van der Waals surface area (Å²) in [5.74, 6) is 1.79. The molecule has 28 heavy (non-hydrogen) atoms. The van der Waals surface area contributed by atoms with E-state index < -0.39 is 5.60 Å². The molecular formula is C21H29FN4O2. The van der Waals surface area contributed by atoms with Gasteiger partial charge in [-0.1, -0.05) is 17.3 Å². The predicted molar refractivity (Wildman–Crippen MR) is 103 cm³/mol. The first-order chi connectivity index (χ1) is 13.6. The summed E-state index contributed by atoms with van der Waals surface area (Å²) in [6.45, 7) is 4.67. The minimum Gasteiger partial charge on any atom is -0.368 e. The largest absolute Gasteiger partial charge is 0.368 e. The Morgan fingerprint density at radius 3 is 2.61 bits per heavy atom. The molecular weight excluding hydrogens is 359 g/mol. The molecule has 6 nitrogen and oxygen atoms in total. The van der Waals surface area contributed by atoms with Crippen molar-refractivity contribution < 1.29 is 13.7 Å². The van der Waals surface area contributed by atoms with Gasteiger partial charge in [-0.2, -0.15) is 4.98 Å². The Labute approximate surface area is 165 Å². The van der Waals surface area contributed by atoms with Gasteiger partial charge in [0, 0.05) is 45.8 Å². The van der Waals surface area contributed by atoms with E-state index in [9.17, 15) is 4.39 Å². The van der Waals surface area contributed by atoms with Gasteiger partial charge in [-0.25, -0.2) is 4.39 Å². The molecule has 0 radical (unpaired) electrons. The smallest absolute Gasteiger partial charge is 0.258 e. The summed E-state index contributed by atoms with van der Waals surface area (Å²) in [5.41, 5.74) is 0.681. The second-order valence-corrected chi connectivity index (χ2v) is 8.14. The van der Waals surface area contributed by atoms with Crippen LogP contribution >= 0.6 is 0 Å². The van der Waals surface area contributed by atoms with Crippen LogP contribution in [-0.4, -0.2) is 60.3 Å². The highest BCUT2D eigenvalue weighted by atomic mass is 19.1. The Morgan fingerprint density at radius 2 is 1.96 bits per heavy atom. The first-order valence-corrected chi connectivity index (χ1v) is 10.1. The number of likely N-dealkylation sites (N-methyl/N-ethyl adjacent to an activating group) is 1. The molecule has 4 rings (SSSR count). The number of benzene rings is 1. The molecule has 0 atom stereocenters. The van der Waals surface area contributed by atoms with Crippen LogP contribution in [0, 0.1) is 5.82 Å². The van der Waals surface area contributed by atoms with E-state index in [0.717, 1.165) is 69.8 Å². The average molecular weight is 388 g/mol. The maximum absolute atomic E-state index is 13.0. The van der Waals surface area contributed by atoms with Crippen molar-refractivity contribution in [1.29, 1.82) is 0 Å². The number of nitrogens with zero attached hydrogens (tertiary/aromatic N) is 4. The highest BCUT2D eigenvalue weighted by Gasteiger charge is 2.42. The van der Waals surface area contributed by atoms with Crippen LogP contribution in [0.2, 0.25) is 0 Å². The van der Waals surface area contributed by atoms with Crippen molar-refractivity contribution in [3.63, 3.8) is 0 Å². The fourth-order valence-electron chi connectivity index (χ4n) is 3.86. The third-order valence-electron chi connectivity index (χ3n) is 5.99. The van der Waals surface area contributed by atoms with E-state index in [1.54, 1.807) is 7.11 Å². The number of piperidine rings is 1. The van der Waals surface area contributed by atoms with E-state index in [2.05, 4.69) is 27.0 Å². The van der Waals surface area contributed by atoms with Crippen LogP contribution in [0.3, 0.4) is 0 Å². The van der Waals surface area contributed by atoms with Crippen LogP contribution in [0.1, 0.15) is 48.9 Å². The van der Waals surface area contributed by atoms with Crippen LogP contribution < -0.4 is 0 Å². The molecule has 2 heterocycles. The Morgan fingerprint density at radius 1 is 1.25 bits per heavy atom. The van der Waals surface area contributed by atoms with Gasteiger partial charge in [0.1, 0.15) is 11.4 Å². The molecule has 0 amide bonds.